The van der Waals surface area contributed by atoms with Gasteiger partial charge in [-0.15, -0.1) is 11.3 Å². The Kier molecular flexibility index (Phi) is 5.30. The Labute approximate surface area is 140 Å². The van der Waals surface area contributed by atoms with E-state index in [0.717, 1.165) is 8.45 Å². The summed E-state index contributed by atoms with van der Waals surface area (Å²) in [6.45, 7) is 0.643. The molecule has 0 amide bonds. The summed E-state index contributed by atoms with van der Waals surface area (Å²) in [4.78, 5) is 0.960. The zero-order valence-electron chi connectivity index (χ0n) is 10.5. The van der Waals surface area contributed by atoms with Gasteiger partial charge in [-0.3, -0.25) is 4.72 Å². The molecule has 0 radical (unpaired) electrons. The standard InChI is InChI=1S/C12H12ClIN2O2S2/c1-15-7-9-3-5-12(19-9)20(17,18)16-11-4-2-8(14)6-10(11)13/h2-6,15-16H,7H2,1H3. The molecule has 8 heteroatoms. The van der Waals surface area contributed by atoms with Gasteiger partial charge in [0.15, 0.2) is 0 Å². The van der Waals surface area contributed by atoms with Gasteiger partial charge in [-0.2, -0.15) is 0 Å². The molecular formula is C12H12ClIN2O2S2. The minimum Gasteiger partial charge on any atom is -0.315 e. The number of anilines is 1. The van der Waals surface area contributed by atoms with Crippen molar-refractivity contribution in [1.29, 1.82) is 0 Å². The number of halogens is 2. The van der Waals surface area contributed by atoms with Crippen molar-refractivity contribution < 1.29 is 8.42 Å². The fraction of sp³-hybridized carbons (Fsp3) is 0.167. The third kappa shape index (κ3) is 3.85. The highest BCUT2D eigenvalue weighted by Crippen LogP contribution is 2.28. The fourth-order valence-corrected chi connectivity index (χ4v) is 4.95. The second-order valence-electron chi connectivity index (χ2n) is 3.98. The first kappa shape index (κ1) is 16.0. The summed E-state index contributed by atoms with van der Waals surface area (Å²) in [5.41, 5.74) is 0.385. The van der Waals surface area contributed by atoms with E-state index in [2.05, 4.69) is 32.6 Å². The maximum atomic E-state index is 12.3. The molecule has 0 saturated heterocycles. The van der Waals surface area contributed by atoms with Gasteiger partial charge < -0.3 is 5.32 Å². The van der Waals surface area contributed by atoms with E-state index in [1.807, 2.05) is 7.05 Å². The lowest BCUT2D eigenvalue weighted by Crippen LogP contribution is -2.11. The van der Waals surface area contributed by atoms with Crippen LogP contribution in [-0.4, -0.2) is 15.5 Å². The van der Waals surface area contributed by atoms with E-state index in [4.69, 9.17) is 11.6 Å². The van der Waals surface area contributed by atoms with Crippen LogP contribution < -0.4 is 10.0 Å². The Hall–Kier alpha value is -0.350. The van der Waals surface area contributed by atoms with E-state index in [0.29, 0.717) is 17.3 Å². The van der Waals surface area contributed by atoms with Gasteiger partial charge in [-0.25, -0.2) is 8.42 Å². The average molecular weight is 443 g/mol. The quantitative estimate of drug-likeness (QED) is 0.697. The summed E-state index contributed by atoms with van der Waals surface area (Å²) in [6.07, 6.45) is 0. The van der Waals surface area contributed by atoms with Crippen molar-refractivity contribution in [2.75, 3.05) is 11.8 Å². The van der Waals surface area contributed by atoms with E-state index in [-0.39, 0.29) is 4.21 Å². The minimum atomic E-state index is -3.59. The lowest BCUT2D eigenvalue weighted by atomic mass is 10.3. The fourth-order valence-electron chi connectivity index (χ4n) is 1.54. The Morgan fingerprint density at radius 3 is 2.70 bits per heavy atom. The van der Waals surface area contributed by atoms with Gasteiger partial charge in [0.05, 0.1) is 10.7 Å². The zero-order valence-corrected chi connectivity index (χ0v) is 15.0. The normalized spacial score (nSPS) is 11.6. The number of rotatable bonds is 5. The summed E-state index contributed by atoms with van der Waals surface area (Å²) in [5, 5.41) is 3.37. The van der Waals surface area contributed by atoms with Crippen molar-refractivity contribution in [2.24, 2.45) is 0 Å². The predicted molar refractivity (Wildman–Crippen MR) is 92.1 cm³/mol. The highest BCUT2D eigenvalue weighted by molar-refractivity contribution is 14.1. The molecule has 0 aliphatic carbocycles. The van der Waals surface area contributed by atoms with Crippen LogP contribution in [0.5, 0.6) is 0 Å². The van der Waals surface area contributed by atoms with E-state index in [9.17, 15) is 8.42 Å². The summed E-state index contributed by atoms with van der Waals surface area (Å²) < 4.78 is 28.3. The Bertz CT molecular complexity index is 716. The third-order valence-corrected chi connectivity index (χ3v) is 6.35. The number of hydrogen-bond acceptors (Lipinski definition) is 4. The van der Waals surface area contributed by atoms with Gasteiger partial charge in [-0.1, -0.05) is 11.6 Å². The van der Waals surface area contributed by atoms with Crippen LogP contribution in [-0.2, 0) is 16.6 Å². The molecule has 0 unspecified atom stereocenters. The Morgan fingerprint density at radius 2 is 2.05 bits per heavy atom. The van der Waals surface area contributed by atoms with Gasteiger partial charge in [0, 0.05) is 15.0 Å². The monoisotopic (exact) mass is 442 g/mol. The molecule has 1 aromatic carbocycles. The highest BCUT2D eigenvalue weighted by atomic mass is 127. The van der Waals surface area contributed by atoms with Gasteiger partial charge in [0.25, 0.3) is 10.0 Å². The molecule has 4 nitrogen and oxygen atoms in total. The topological polar surface area (TPSA) is 58.2 Å². The molecule has 1 aromatic heterocycles. The second kappa shape index (κ2) is 6.61. The van der Waals surface area contributed by atoms with Crippen molar-refractivity contribution in [3.63, 3.8) is 0 Å². The SMILES string of the molecule is CNCc1ccc(S(=O)(=O)Nc2ccc(I)cc2Cl)s1. The number of sulfonamides is 1. The van der Waals surface area contributed by atoms with Crippen LogP contribution in [0.15, 0.2) is 34.5 Å². The molecule has 0 aliphatic rings. The van der Waals surface area contributed by atoms with Crippen LogP contribution in [0, 0.1) is 3.57 Å². The molecule has 0 aliphatic heterocycles. The number of nitrogens with one attached hydrogen (secondary N) is 2. The van der Waals surface area contributed by atoms with E-state index in [1.165, 1.54) is 11.3 Å². The van der Waals surface area contributed by atoms with Crippen molar-refractivity contribution in [1.82, 2.24) is 5.32 Å². The van der Waals surface area contributed by atoms with Crippen LogP contribution in [0.25, 0.3) is 0 Å². The average Bonchev–Trinajstić information content (AvgIpc) is 2.83. The van der Waals surface area contributed by atoms with Gasteiger partial charge in [-0.05, 0) is 60.0 Å². The molecule has 0 fully saturated rings. The second-order valence-corrected chi connectivity index (χ2v) is 8.71. The Balaban J connectivity index is 2.26. The number of hydrogen-bond donors (Lipinski definition) is 2. The molecule has 2 N–H and O–H groups in total. The van der Waals surface area contributed by atoms with E-state index < -0.39 is 10.0 Å². The van der Waals surface area contributed by atoms with Crippen LogP contribution in [0.4, 0.5) is 5.69 Å². The van der Waals surface area contributed by atoms with E-state index in [1.54, 1.807) is 30.3 Å². The van der Waals surface area contributed by atoms with Crippen LogP contribution >= 0.6 is 45.5 Å². The molecule has 2 rings (SSSR count). The van der Waals surface area contributed by atoms with Gasteiger partial charge >= 0.3 is 0 Å². The molecule has 1 heterocycles. The molecule has 0 atom stereocenters. The van der Waals surface area contributed by atoms with Crippen LogP contribution in [0.2, 0.25) is 5.02 Å². The summed E-state index contributed by atoms with van der Waals surface area (Å²) >= 11 is 9.39. The molecule has 2 aromatic rings. The smallest absolute Gasteiger partial charge is 0.271 e. The summed E-state index contributed by atoms with van der Waals surface area (Å²) in [6, 6.07) is 8.56. The third-order valence-electron chi connectivity index (χ3n) is 2.43. The molecule has 0 saturated carbocycles. The summed E-state index contributed by atoms with van der Waals surface area (Å²) in [5.74, 6) is 0. The first-order valence-electron chi connectivity index (χ1n) is 5.63. The largest absolute Gasteiger partial charge is 0.315 e. The van der Waals surface area contributed by atoms with Crippen molar-refractivity contribution in [3.05, 3.63) is 43.8 Å². The predicted octanol–water partition coefficient (Wildman–Crippen LogP) is 3.53. The maximum Gasteiger partial charge on any atom is 0.271 e. The Morgan fingerprint density at radius 1 is 1.30 bits per heavy atom. The van der Waals surface area contributed by atoms with Crippen molar-refractivity contribution >= 4 is 61.2 Å². The number of benzene rings is 1. The minimum absolute atomic E-state index is 0.275. The molecule has 108 valence electrons. The van der Waals surface area contributed by atoms with Crippen molar-refractivity contribution in [2.45, 2.75) is 10.8 Å². The lowest BCUT2D eigenvalue weighted by Gasteiger charge is -2.08. The van der Waals surface area contributed by atoms with E-state index >= 15 is 0 Å². The molecule has 0 bridgehead atoms. The highest BCUT2D eigenvalue weighted by Gasteiger charge is 2.18. The first-order valence-corrected chi connectivity index (χ1v) is 9.39. The molecular weight excluding hydrogens is 431 g/mol. The first-order chi connectivity index (χ1) is 9.42. The van der Waals surface area contributed by atoms with Crippen LogP contribution in [0.1, 0.15) is 4.88 Å². The lowest BCUT2D eigenvalue weighted by molar-refractivity contribution is 0.603. The summed E-state index contributed by atoms with van der Waals surface area (Å²) in [7, 11) is -1.78. The van der Waals surface area contributed by atoms with Crippen molar-refractivity contribution in [3.8, 4) is 0 Å². The van der Waals surface area contributed by atoms with Gasteiger partial charge in [0.2, 0.25) is 0 Å². The molecule has 20 heavy (non-hydrogen) atoms. The molecule has 0 spiro atoms. The van der Waals surface area contributed by atoms with Crippen LogP contribution in [0.3, 0.4) is 0 Å². The maximum absolute atomic E-state index is 12.3. The zero-order chi connectivity index (χ0) is 14.8. The van der Waals surface area contributed by atoms with Gasteiger partial charge in [0.1, 0.15) is 4.21 Å². The number of thiophene rings is 1.